The third-order valence-electron chi connectivity index (χ3n) is 5.72. The predicted molar refractivity (Wildman–Crippen MR) is 123 cm³/mol. The first kappa shape index (κ1) is 19.1. The van der Waals surface area contributed by atoms with E-state index in [0.717, 1.165) is 33.3 Å². The molecular formula is C25H23N3O3. The number of hydrogen-bond acceptors (Lipinski definition) is 4. The van der Waals surface area contributed by atoms with Gasteiger partial charge in [0.25, 0.3) is 0 Å². The summed E-state index contributed by atoms with van der Waals surface area (Å²) in [5, 5.41) is 9.96. The molecule has 31 heavy (non-hydrogen) atoms. The Hall–Kier alpha value is -3.93. The van der Waals surface area contributed by atoms with Crippen molar-refractivity contribution in [2.75, 3.05) is 21.3 Å². The fourth-order valence-corrected chi connectivity index (χ4v) is 4.09. The average Bonchev–Trinajstić information content (AvgIpc) is 3.40. The minimum atomic E-state index is 0.561. The normalized spacial score (nSPS) is 11.2. The van der Waals surface area contributed by atoms with E-state index in [1.807, 2.05) is 12.1 Å². The van der Waals surface area contributed by atoms with Gasteiger partial charge < -0.3 is 18.8 Å². The summed E-state index contributed by atoms with van der Waals surface area (Å²) in [6.07, 6.45) is 2.08. The van der Waals surface area contributed by atoms with Gasteiger partial charge in [-0.25, -0.2) is 0 Å². The van der Waals surface area contributed by atoms with Crippen LogP contribution in [0.1, 0.15) is 0 Å². The summed E-state index contributed by atoms with van der Waals surface area (Å²) in [4.78, 5) is 0. The van der Waals surface area contributed by atoms with Crippen molar-refractivity contribution in [1.82, 2.24) is 14.8 Å². The SMILES string of the molecule is COc1cc(-c2n[nH]c3ccc(-c4ccc5c(ccn5C)c4)cc23)cc(OC)c1OC. The van der Waals surface area contributed by atoms with E-state index in [1.165, 1.54) is 10.9 Å². The molecule has 0 aliphatic carbocycles. The first-order chi connectivity index (χ1) is 15.1. The summed E-state index contributed by atoms with van der Waals surface area (Å²) < 4.78 is 18.6. The Balaban J connectivity index is 1.66. The van der Waals surface area contributed by atoms with Crippen LogP contribution in [0.4, 0.5) is 0 Å². The van der Waals surface area contributed by atoms with Gasteiger partial charge in [0.1, 0.15) is 5.69 Å². The molecule has 0 bridgehead atoms. The number of hydrogen-bond donors (Lipinski definition) is 1. The van der Waals surface area contributed by atoms with Gasteiger partial charge >= 0.3 is 0 Å². The first-order valence-electron chi connectivity index (χ1n) is 9.97. The molecule has 0 spiro atoms. The minimum absolute atomic E-state index is 0.561. The van der Waals surface area contributed by atoms with Gasteiger partial charge in [-0.05, 0) is 53.6 Å². The minimum Gasteiger partial charge on any atom is -0.493 e. The van der Waals surface area contributed by atoms with Gasteiger partial charge in [0.15, 0.2) is 11.5 Å². The van der Waals surface area contributed by atoms with Gasteiger partial charge in [0.2, 0.25) is 5.75 Å². The highest BCUT2D eigenvalue weighted by atomic mass is 16.5. The van der Waals surface area contributed by atoms with Crippen LogP contribution in [0.2, 0.25) is 0 Å². The number of aromatic nitrogens is 3. The molecule has 0 saturated carbocycles. The zero-order valence-corrected chi connectivity index (χ0v) is 17.9. The lowest BCUT2D eigenvalue weighted by Gasteiger charge is -2.13. The van der Waals surface area contributed by atoms with Gasteiger partial charge in [0, 0.05) is 35.1 Å². The third-order valence-corrected chi connectivity index (χ3v) is 5.72. The number of ether oxygens (including phenoxy) is 3. The standard InChI is InChI=1S/C25H23N3O3/c1-28-10-9-17-11-15(6-8-21(17)28)16-5-7-20-19(12-16)24(27-26-20)18-13-22(29-2)25(31-4)23(14-18)30-3/h5-14H,1-4H3,(H,26,27). The van der Waals surface area contributed by atoms with Crippen LogP contribution in [-0.2, 0) is 7.05 Å². The van der Waals surface area contributed by atoms with E-state index < -0.39 is 0 Å². The average molecular weight is 413 g/mol. The predicted octanol–water partition coefficient (Wildman–Crippen LogP) is 5.41. The molecule has 3 aromatic carbocycles. The summed E-state index contributed by atoms with van der Waals surface area (Å²) >= 11 is 0. The molecule has 0 fully saturated rings. The van der Waals surface area contributed by atoms with Gasteiger partial charge in [-0.3, -0.25) is 5.10 Å². The van der Waals surface area contributed by atoms with E-state index in [4.69, 9.17) is 14.2 Å². The van der Waals surface area contributed by atoms with Crippen LogP contribution in [0.25, 0.3) is 44.2 Å². The first-order valence-corrected chi connectivity index (χ1v) is 9.97. The number of benzene rings is 3. The number of rotatable bonds is 5. The lowest BCUT2D eigenvalue weighted by molar-refractivity contribution is 0.324. The van der Waals surface area contributed by atoms with Gasteiger partial charge in [-0.15, -0.1) is 0 Å². The van der Waals surface area contributed by atoms with Crippen molar-refractivity contribution in [1.29, 1.82) is 0 Å². The number of aryl methyl sites for hydroxylation is 1. The van der Waals surface area contributed by atoms with E-state index in [1.54, 1.807) is 21.3 Å². The molecular weight excluding hydrogens is 390 g/mol. The summed E-state index contributed by atoms with van der Waals surface area (Å²) in [5.41, 5.74) is 6.19. The second kappa shape index (κ2) is 7.40. The van der Waals surface area contributed by atoms with Crippen LogP contribution < -0.4 is 14.2 Å². The van der Waals surface area contributed by atoms with Crippen molar-refractivity contribution in [2.45, 2.75) is 0 Å². The molecule has 0 saturated heterocycles. The van der Waals surface area contributed by atoms with Crippen molar-refractivity contribution in [2.24, 2.45) is 7.05 Å². The van der Waals surface area contributed by atoms with Crippen molar-refractivity contribution < 1.29 is 14.2 Å². The lowest BCUT2D eigenvalue weighted by Crippen LogP contribution is -1.96. The van der Waals surface area contributed by atoms with Crippen molar-refractivity contribution in [3.63, 3.8) is 0 Å². The highest BCUT2D eigenvalue weighted by Crippen LogP contribution is 2.42. The topological polar surface area (TPSA) is 61.3 Å². The Morgan fingerprint density at radius 1 is 0.774 bits per heavy atom. The number of methoxy groups -OCH3 is 3. The summed E-state index contributed by atoms with van der Waals surface area (Å²) in [6, 6.07) is 18.8. The van der Waals surface area contributed by atoms with Crippen LogP contribution in [0.15, 0.2) is 60.8 Å². The summed E-state index contributed by atoms with van der Waals surface area (Å²) in [5.74, 6) is 1.75. The molecule has 0 unspecified atom stereocenters. The Morgan fingerprint density at radius 3 is 2.19 bits per heavy atom. The maximum atomic E-state index is 5.52. The summed E-state index contributed by atoms with van der Waals surface area (Å²) in [7, 11) is 6.88. The Morgan fingerprint density at radius 2 is 1.48 bits per heavy atom. The Bertz CT molecular complexity index is 1390. The third kappa shape index (κ3) is 3.08. The highest BCUT2D eigenvalue weighted by Gasteiger charge is 2.17. The summed E-state index contributed by atoms with van der Waals surface area (Å²) in [6.45, 7) is 0. The Kier molecular flexibility index (Phi) is 4.55. The zero-order valence-electron chi connectivity index (χ0n) is 17.9. The smallest absolute Gasteiger partial charge is 0.203 e. The van der Waals surface area contributed by atoms with E-state index in [9.17, 15) is 0 Å². The molecule has 5 rings (SSSR count). The molecule has 2 heterocycles. The highest BCUT2D eigenvalue weighted by molar-refractivity contribution is 5.97. The molecule has 5 aromatic rings. The number of H-pyrrole nitrogens is 1. The quantitative estimate of drug-likeness (QED) is 0.418. The number of aromatic amines is 1. The second-order valence-electron chi connectivity index (χ2n) is 7.45. The Labute approximate surface area is 180 Å². The number of fused-ring (bicyclic) bond motifs is 2. The van der Waals surface area contributed by atoms with Crippen LogP contribution in [-0.4, -0.2) is 36.1 Å². The molecule has 0 aliphatic heterocycles. The molecule has 156 valence electrons. The van der Waals surface area contributed by atoms with Crippen LogP contribution >= 0.6 is 0 Å². The van der Waals surface area contributed by atoms with Crippen molar-refractivity contribution >= 4 is 21.8 Å². The maximum absolute atomic E-state index is 5.52. The number of nitrogens with zero attached hydrogens (tertiary/aromatic N) is 2. The zero-order chi connectivity index (χ0) is 21.5. The largest absolute Gasteiger partial charge is 0.493 e. The van der Waals surface area contributed by atoms with Gasteiger partial charge in [-0.1, -0.05) is 12.1 Å². The van der Waals surface area contributed by atoms with Crippen molar-refractivity contribution in [3.05, 3.63) is 60.8 Å². The molecule has 2 aromatic heterocycles. The fourth-order valence-electron chi connectivity index (χ4n) is 4.09. The van der Waals surface area contributed by atoms with Crippen LogP contribution in [0.3, 0.4) is 0 Å². The van der Waals surface area contributed by atoms with E-state index in [0.29, 0.717) is 17.2 Å². The lowest BCUT2D eigenvalue weighted by atomic mass is 10.00. The van der Waals surface area contributed by atoms with Gasteiger partial charge in [-0.2, -0.15) is 5.10 Å². The van der Waals surface area contributed by atoms with E-state index >= 15 is 0 Å². The van der Waals surface area contributed by atoms with Crippen LogP contribution in [0.5, 0.6) is 17.2 Å². The van der Waals surface area contributed by atoms with Crippen LogP contribution in [0, 0.1) is 0 Å². The maximum Gasteiger partial charge on any atom is 0.203 e. The van der Waals surface area contributed by atoms with E-state index in [-0.39, 0.29) is 0 Å². The molecule has 1 N–H and O–H groups in total. The molecule has 6 heteroatoms. The van der Waals surface area contributed by atoms with E-state index in [2.05, 4.69) is 70.5 Å². The molecule has 0 atom stereocenters. The molecule has 0 radical (unpaired) electrons. The number of nitrogens with one attached hydrogen (secondary N) is 1. The fraction of sp³-hybridized carbons (Fsp3) is 0.160. The monoisotopic (exact) mass is 413 g/mol. The second-order valence-corrected chi connectivity index (χ2v) is 7.45. The molecule has 6 nitrogen and oxygen atoms in total. The van der Waals surface area contributed by atoms with Gasteiger partial charge in [0.05, 0.1) is 26.8 Å². The molecule has 0 amide bonds. The molecule has 0 aliphatic rings. The van der Waals surface area contributed by atoms with Crippen molar-refractivity contribution in [3.8, 4) is 39.6 Å².